The Labute approximate surface area is 165 Å². The Bertz CT molecular complexity index is 802. The molecule has 2 aliphatic heterocycles. The van der Waals surface area contributed by atoms with E-state index in [4.69, 9.17) is 14.5 Å². The lowest BCUT2D eigenvalue weighted by Crippen LogP contribution is -2.41. The number of hydrogen-bond acceptors (Lipinski definition) is 5. The molecule has 4 rings (SSSR count). The van der Waals surface area contributed by atoms with Gasteiger partial charge < -0.3 is 18.9 Å². The summed E-state index contributed by atoms with van der Waals surface area (Å²) in [6, 6.07) is 3.69. The average Bonchev–Trinajstić information content (AvgIpc) is 3.18. The Morgan fingerprint density at radius 2 is 2.11 bits per heavy atom. The van der Waals surface area contributed by atoms with Crippen LogP contribution >= 0.6 is 0 Å². The van der Waals surface area contributed by atoms with Crippen LogP contribution in [0.1, 0.15) is 48.7 Å². The number of carbonyl (C=O) groups excluding carboxylic acids is 1. The number of ether oxygens (including phenoxy) is 2. The summed E-state index contributed by atoms with van der Waals surface area (Å²) in [6.45, 7) is 3.07. The van der Waals surface area contributed by atoms with Gasteiger partial charge in [0.2, 0.25) is 11.8 Å². The van der Waals surface area contributed by atoms with Crippen LogP contribution in [0, 0.1) is 0 Å². The molecule has 0 spiro atoms. The van der Waals surface area contributed by atoms with Crippen LogP contribution in [0.5, 0.6) is 5.88 Å². The maximum absolute atomic E-state index is 12.6. The van der Waals surface area contributed by atoms with E-state index in [2.05, 4.69) is 9.55 Å². The molecule has 0 bridgehead atoms. The molecular weight excluding hydrogens is 356 g/mol. The van der Waals surface area contributed by atoms with Gasteiger partial charge in [0.05, 0.1) is 13.7 Å². The quantitative estimate of drug-likeness (QED) is 0.766. The smallest absolute Gasteiger partial charge is 0.248 e. The molecule has 1 unspecified atom stereocenters. The van der Waals surface area contributed by atoms with E-state index in [1.165, 1.54) is 18.5 Å². The van der Waals surface area contributed by atoms with Crippen molar-refractivity contribution < 1.29 is 14.3 Å². The standard InChI is InChI=1S/C21H28N4O3/c1-27-19-8-7-16(11-22-19)14-28-15-20(26)24-9-4-5-17(13-24)21-23-12-18-6-2-3-10-25(18)21/h7-8,11-12,17H,2-6,9-10,13-15H2,1H3. The van der Waals surface area contributed by atoms with Crippen molar-refractivity contribution >= 4 is 5.91 Å². The Balaban J connectivity index is 1.30. The number of fused-ring (bicyclic) bond motifs is 1. The first-order chi connectivity index (χ1) is 13.7. The van der Waals surface area contributed by atoms with E-state index >= 15 is 0 Å². The van der Waals surface area contributed by atoms with Crippen LogP contribution in [0.2, 0.25) is 0 Å². The number of amides is 1. The summed E-state index contributed by atoms with van der Waals surface area (Å²) in [5, 5.41) is 0. The van der Waals surface area contributed by atoms with Crippen LogP contribution < -0.4 is 4.74 Å². The van der Waals surface area contributed by atoms with Crippen LogP contribution in [0.15, 0.2) is 24.5 Å². The number of rotatable bonds is 6. The first-order valence-electron chi connectivity index (χ1n) is 10.1. The highest BCUT2D eigenvalue weighted by Crippen LogP contribution is 2.29. The molecule has 1 atom stereocenters. The molecule has 0 aromatic carbocycles. The summed E-state index contributed by atoms with van der Waals surface area (Å²) in [6.07, 6.45) is 9.44. The van der Waals surface area contributed by atoms with Crippen molar-refractivity contribution in [2.24, 2.45) is 0 Å². The normalized spacial score (nSPS) is 19.3. The lowest BCUT2D eigenvalue weighted by molar-refractivity contribution is -0.137. The van der Waals surface area contributed by atoms with E-state index in [1.54, 1.807) is 19.4 Å². The van der Waals surface area contributed by atoms with Crippen LogP contribution in [0.4, 0.5) is 0 Å². The second kappa shape index (κ2) is 8.73. The van der Waals surface area contributed by atoms with Crippen molar-refractivity contribution in [3.05, 3.63) is 41.6 Å². The van der Waals surface area contributed by atoms with Gasteiger partial charge in [0.25, 0.3) is 0 Å². The SMILES string of the molecule is COc1ccc(COCC(=O)N2CCCC(c3ncc4n3CCCC4)C2)cn1. The van der Waals surface area contributed by atoms with Crippen molar-refractivity contribution in [2.45, 2.75) is 51.2 Å². The second-order valence-corrected chi connectivity index (χ2v) is 7.60. The predicted octanol–water partition coefficient (Wildman–Crippen LogP) is 2.55. The minimum Gasteiger partial charge on any atom is -0.481 e. The fourth-order valence-electron chi connectivity index (χ4n) is 4.17. The van der Waals surface area contributed by atoms with Crippen LogP contribution in [-0.4, -0.2) is 52.1 Å². The van der Waals surface area contributed by atoms with Crippen molar-refractivity contribution in [1.82, 2.24) is 19.4 Å². The summed E-state index contributed by atoms with van der Waals surface area (Å²) in [5.41, 5.74) is 2.27. The van der Waals surface area contributed by atoms with Gasteiger partial charge in [0.1, 0.15) is 12.4 Å². The lowest BCUT2D eigenvalue weighted by Gasteiger charge is -2.33. The topological polar surface area (TPSA) is 69.5 Å². The Kier molecular flexibility index (Phi) is 5.90. The minimum absolute atomic E-state index is 0.0524. The molecule has 0 radical (unpaired) electrons. The van der Waals surface area contributed by atoms with E-state index in [0.29, 0.717) is 18.4 Å². The van der Waals surface area contributed by atoms with Gasteiger partial charge in [-0.15, -0.1) is 0 Å². The summed E-state index contributed by atoms with van der Waals surface area (Å²) >= 11 is 0. The minimum atomic E-state index is 0.0524. The number of nitrogens with zero attached hydrogens (tertiary/aromatic N) is 4. The molecular formula is C21H28N4O3. The monoisotopic (exact) mass is 384 g/mol. The van der Waals surface area contributed by atoms with E-state index in [0.717, 1.165) is 50.3 Å². The van der Waals surface area contributed by atoms with Crippen LogP contribution in [0.25, 0.3) is 0 Å². The Morgan fingerprint density at radius 3 is 2.93 bits per heavy atom. The van der Waals surface area contributed by atoms with Gasteiger partial charge in [-0.2, -0.15) is 0 Å². The number of carbonyl (C=O) groups is 1. The zero-order chi connectivity index (χ0) is 19.3. The summed E-state index contributed by atoms with van der Waals surface area (Å²) in [4.78, 5) is 23.4. The zero-order valence-electron chi connectivity index (χ0n) is 16.5. The summed E-state index contributed by atoms with van der Waals surface area (Å²) in [5.74, 6) is 2.12. The predicted molar refractivity (Wildman–Crippen MR) is 104 cm³/mol. The molecule has 2 aliphatic rings. The third-order valence-corrected chi connectivity index (χ3v) is 5.67. The van der Waals surface area contributed by atoms with Gasteiger partial charge in [-0.05, 0) is 43.7 Å². The number of hydrogen-bond donors (Lipinski definition) is 0. The molecule has 1 fully saturated rings. The van der Waals surface area contributed by atoms with Crippen molar-refractivity contribution in [1.29, 1.82) is 0 Å². The molecule has 0 aliphatic carbocycles. The number of methoxy groups -OCH3 is 1. The van der Waals surface area contributed by atoms with Crippen molar-refractivity contribution in [2.75, 3.05) is 26.8 Å². The van der Waals surface area contributed by atoms with Crippen molar-refractivity contribution in [3.8, 4) is 5.88 Å². The number of piperidine rings is 1. The highest BCUT2D eigenvalue weighted by molar-refractivity contribution is 5.77. The molecule has 0 N–H and O–H groups in total. The highest BCUT2D eigenvalue weighted by Gasteiger charge is 2.28. The first kappa shape index (κ1) is 18.9. The van der Waals surface area contributed by atoms with Gasteiger partial charge in [0.15, 0.2) is 0 Å². The molecule has 7 nitrogen and oxygen atoms in total. The van der Waals surface area contributed by atoms with Gasteiger partial charge in [-0.25, -0.2) is 9.97 Å². The largest absolute Gasteiger partial charge is 0.481 e. The Morgan fingerprint density at radius 1 is 1.18 bits per heavy atom. The third-order valence-electron chi connectivity index (χ3n) is 5.67. The number of imidazole rings is 1. The molecule has 1 amide bonds. The van der Waals surface area contributed by atoms with E-state index in [-0.39, 0.29) is 12.5 Å². The van der Waals surface area contributed by atoms with E-state index in [9.17, 15) is 4.79 Å². The molecule has 2 aromatic rings. The summed E-state index contributed by atoms with van der Waals surface area (Å²) < 4.78 is 13.1. The maximum atomic E-state index is 12.6. The molecule has 7 heteroatoms. The fourth-order valence-corrected chi connectivity index (χ4v) is 4.17. The number of pyridine rings is 1. The number of aryl methyl sites for hydroxylation is 1. The summed E-state index contributed by atoms with van der Waals surface area (Å²) in [7, 11) is 1.59. The number of aromatic nitrogens is 3. The molecule has 150 valence electrons. The molecule has 28 heavy (non-hydrogen) atoms. The van der Waals surface area contributed by atoms with Crippen LogP contribution in [-0.2, 0) is 29.1 Å². The van der Waals surface area contributed by atoms with Gasteiger partial charge >= 0.3 is 0 Å². The second-order valence-electron chi connectivity index (χ2n) is 7.60. The molecule has 4 heterocycles. The average molecular weight is 384 g/mol. The highest BCUT2D eigenvalue weighted by atomic mass is 16.5. The van der Waals surface area contributed by atoms with Gasteiger partial charge in [-0.3, -0.25) is 4.79 Å². The first-order valence-corrected chi connectivity index (χ1v) is 10.1. The lowest BCUT2D eigenvalue weighted by atomic mass is 9.96. The third kappa shape index (κ3) is 4.19. The number of likely N-dealkylation sites (tertiary alicyclic amines) is 1. The van der Waals surface area contributed by atoms with Crippen molar-refractivity contribution in [3.63, 3.8) is 0 Å². The maximum Gasteiger partial charge on any atom is 0.248 e. The fraction of sp³-hybridized carbons (Fsp3) is 0.571. The zero-order valence-corrected chi connectivity index (χ0v) is 16.5. The molecule has 2 aromatic heterocycles. The van der Waals surface area contributed by atoms with Gasteiger partial charge in [-0.1, -0.05) is 0 Å². The Hall–Kier alpha value is -2.41. The van der Waals surface area contributed by atoms with E-state index < -0.39 is 0 Å². The molecule has 0 saturated carbocycles. The van der Waals surface area contributed by atoms with Gasteiger partial charge in [0, 0.05) is 49.7 Å². The molecule has 1 saturated heterocycles. The van der Waals surface area contributed by atoms with Crippen LogP contribution in [0.3, 0.4) is 0 Å². The van der Waals surface area contributed by atoms with E-state index in [1.807, 2.05) is 17.2 Å².